The molecule has 1 fully saturated rings. The zero-order chi connectivity index (χ0) is 24.7. The molecule has 8 nitrogen and oxygen atoms in total. The molecular weight excluding hydrogens is 442 g/mol. The molecule has 2 aliphatic heterocycles. The van der Waals surface area contributed by atoms with Crippen LogP contribution in [-0.2, 0) is 17.6 Å². The van der Waals surface area contributed by atoms with E-state index in [1.165, 1.54) is 5.56 Å². The van der Waals surface area contributed by atoms with Gasteiger partial charge in [0.25, 0.3) is 0 Å². The molecular formula is C27H33N5O3. The van der Waals surface area contributed by atoms with E-state index in [-0.39, 0.29) is 11.8 Å². The van der Waals surface area contributed by atoms with Gasteiger partial charge in [-0.2, -0.15) is 0 Å². The molecule has 0 bridgehead atoms. The molecule has 1 aromatic heterocycles. The van der Waals surface area contributed by atoms with Gasteiger partial charge in [0.05, 0.1) is 32.0 Å². The first-order chi connectivity index (χ1) is 16.9. The zero-order valence-electron chi connectivity index (χ0n) is 21.2. The van der Waals surface area contributed by atoms with Crippen LogP contribution >= 0.6 is 0 Å². The Balaban J connectivity index is 1.61. The highest BCUT2D eigenvalue weighted by Gasteiger charge is 2.26. The summed E-state index contributed by atoms with van der Waals surface area (Å²) in [6.07, 6.45) is 2.79. The lowest BCUT2D eigenvalue weighted by atomic mass is 9.98. The number of ether oxygens (including phenoxy) is 2. The molecule has 2 aromatic carbocycles. The van der Waals surface area contributed by atoms with E-state index in [0.29, 0.717) is 12.3 Å². The molecule has 0 N–H and O–H groups in total. The summed E-state index contributed by atoms with van der Waals surface area (Å²) in [5.74, 6) is 3.67. The lowest BCUT2D eigenvalue weighted by Crippen LogP contribution is -2.48. The van der Waals surface area contributed by atoms with Gasteiger partial charge in [-0.3, -0.25) is 9.36 Å². The first-order valence-electron chi connectivity index (χ1n) is 12.2. The third-order valence-corrected chi connectivity index (χ3v) is 7.12. The third kappa shape index (κ3) is 4.11. The topological polar surface area (TPSA) is 72.7 Å². The summed E-state index contributed by atoms with van der Waals surface area (Å²) in [5.41, 5.74) is 5.42. The van der Waals surface area contributed by atoms with Crippen molar-refractivity contribution in [2.24, 2.45) is 0 Å². The predicted molar refractivity (Wildman–Crippen MR) is 136 cm³/mol. The lowest BCUT2D eigenvalue weighted by Gasteiger charge is -2.34. The summed E-state index contributed by atoms with van der Waals surface area (Å²) < 4.78 is 13.6. The minimum atomic E-state index is 0.155. The van der Waals surface area contributed by atoms with E-state index in [2.05, 4.69) is 57.8 Å². The van der Waals surface area contributed by atoms with E-state index in [1.54, 1.807) is 19.1 Å². The van der Waals surface area contributed by atoms with Crippen LogP contribution in [0.5, 0.6) is 11.5 Å². The van der Waals surface area contributed by atoms with Gasteiger partial charge in [0, 0.05) is 38.3 Å². The average Bonchev–Trinajstić information content (AvgIpc) is 3.19. The van der Waals surface area contributed by atoms with Gasteiger partial charge in [0.2, 0.25) is 5.91 Å². The number of carbonyl (C=O) groups excluding carboxylic acids is 1. The van der Waals surface area contributed by atoms with Crippen LogP contribution in [-0.4, -0.2) is 66.5 Å². The van der Waals surface area contributed by atoms with Crippen molar-refractivity contribution in [1.82, 2.24) is 19.7 Å². The molecule has 5 rings (SSSR count). The highest BCUT2D eigenvalue weighted by Crippen LogP contribution is 2.40. The van der Waals surface area contributed by atoms with Crippen molar-refractivity contribution in [2.45, 2.75) is 39.0 Å². The Morgan fingerprint density at radius 2 is 1.77 bits per heavy atom. The number of hydrogen-bond donors (Lipinski definition) is 0. The van der Waals surface area contributed by atoms with Gasteiger partial charge in [0.1, 0.15) is 17.3 Å². The molecule has 1 saturated heterocycles. The minimum absolute atomic E-state index is 0.155. The predicted octanol–water partition coefficient (Wildman–Crippen LogP) is 3.84. The molecule has 0 unspecified atom stereocenters. The molecule has 0 spiro atoms. The normalized spacial score (nSPS) is 15.7. The summed E-state index contributed by atoms with van der Waals surface area (Å²) in [7, 11) is 5.22. The molecule has 1 amide bonds. The van der Waals surface area contributed by atoms with Crippen molar-refractivity contribution in [3.63, 3.8) is 0 Å². The number of hydrogen-bond acceptors (Lipinski definition) is 6. The Kier molecular flexibility index (Phi) is 6.13. The molecule has 3 aromatic rings. The van der Waals surface area contributed by atoms with E-state index in [1.807, 2.05) is 13.1 Å². The van der Waals surface area contributed by atoms with E-state index < -0.39 is 0 Å². The van der Waals surface area contributed by atoms with Crippen LogP contribution in [0.1, 0.15) is 43.1 Å². The number of methoxy groups -OCH3 is 2. The van der Waals surface area contributed by atoms with Crippen LogP contribution in [0, 0.1) is 0 Å². The monoisotopic (exact) mass is 475 g/mol. The van der Waals surface area contributed by atoms with Crippen LogP contribution < -0.4 is 14.4 Å². The van der Waals surface area contributed by atoms with Crippen molar-refractivity contribution in [3.05, 3.63) is 47.3 Å². The SMILES string of the molecule is COc1cc(OC)c(C(C)C)cc1-c1nnc2n1-c1ccc(N3CCN(C)C(=O)C3)cc1CCC2. The summed E-state index contributed by atoms with van der Waals surface area (Å²) in [4.78, 5) is 16.2. The number of fused-ring (bicyclic) bond motifs is 3. The number of rotatable bonds is 5. The standard InChI is InChI=1S/C27H33N5O3/c1-17(2)20-14-21(24(35-5)15-23(20)34-4)27-29-28-25-8-6-7-18-13-19(9-10-22(18)32(25)27)31-12-11-30(3)26(33)16-31/h9-10,13-15,17H,6-8,11-12,16H2,1-5H3. The summed E-state index contributed by atoms with van der Waals surface area (Å²) >= 11 is 0. The number of aryl methyl sites for hydroxylation is 2. The van der Waals surface area contributed by atoms with E-state index in [0.717, 1.165) is 72.3 Å². The van der Waals surface area contributed by atoms with Crippen LogP contribution in [0.25, 0.3) is 17.1 Å². The number of anilines is 1. The fourth-order valence-corrected chi connectivity index (χ4v) is 5.06. The van der Waals surface area contributed by atoms with Gasteiger partial charge in [-0.1, -0.05) is 13.8 Å². The van der Waals surface area contributed by atoms with Crippen LogP contribution in [0.4, 0.5) is 5.69 Å². The number of likely N-dealkylation sites (N-methyl/N-ethyl adjacent to an activating group) is 1. The summed E-state index contributed by atoms with van der Waals surface area (Å²) in [5, 5.41) is 9.22. The number of aromatic nitrogens is 3. The Labute approximate surface area is 206 Å². The number of piperazine rings is 1. The molecule has 0 atom stereocenters. The zero-order valence-corrected chi connectivity index (χ0v) is 21.2. The Bertz CT molecular complexity index is 1270. The van der Waals surface area contributed by atoms with Crippen molar-refractivity contribution < 1.29 is 14.3 Å². The molecule has 2 aliphatic rings. The quantitative estimate of drug-likeness (QED) is 0.558. The van der Waals surface area contributed by atoms with Gasteiger partial charge in [-0.25, -0.2) is 0 Å². The highest BCUT2D eigenvalue weighted by atomic mass is 16.5. The maximum Gasteiger partial charge on any atom is 0.241 e. The largest absolute Gasteiger partial charge is 0.496 e. The van der Waals surface area contributed by atoms with Gasteiger partial charge in [-0.15, -0.1) is 10.2 Å². The number of nitrogens with zero attached hydrogens (tertiary/aromatic N) is 5. The molecule has 3 heterocycles. The first-order valence-corrected chi connectivity index (χ1v) is 12.2. The number of benzene rings is 2. The van der Waals surface area contributed by atoms with E-state index >= 15 is 0 Å². The average molecular weight is 476 g/mol. The van der Waals surface area contributed by atoms with Crippen LogP contribution in [0.2, 0.25) is 0 Å². The van der Waals surface area contributed by atoms with Gasteiger partial charge < -0.3 is 19.3 Å². The fraction of sp³-hybridized carbons (Fsp3) is 0.444. The molecule has 8 heteroatoms. The van der Waals surface area contributed by atoms with Gasteiger partial charge >= 0.3 is 0 Å². The second kappa shape index (κ2) is 9.24. The van der Waals surface area contributed by atoms with Crippen molar-refractivity contribution in [2.75, 3.05) is 45.8 Å². The molecule has 0 radical (unpaired) electrons. The van der Waals surface area contributed by atoms with Crippen molar-refractivity contribution >= 4 is 11.6 Å². The first kappa shape index (κ1) is 23.2. The van der Waals surface area contributed by atoms with Crippen molar-refractivity contribution in [3.8, 4) is 28.6 Å². The molecule has 0 aliphatic carbocycles. The van der Waals surface area contributed by atoms with Crippen LogP contribution in [0.3, 0.4) is 0 Å². The highest BCUT2D eigenvalue weighted by molar-refractivity contribution is 5.82. The summed E-state index contributed by atoms with van der Waals surface area (Å²) in [6, 6.07) is 10.6. The Hall–Kier alpha value is -3.55. The van der Waals surface area contributed by atoms with Gasteiger partial charge in [-0.05, 0) is 54.2 Å². The maximum atomic E-state index is 12.3. The van der Waals surface area contributed by atoms with E-state index in [9.17, 15) is 4.79 Å². The number of carbonyl (C=O) groups is 1. The van der Waals surface area contributed by atoms with Crippen LogP contribution in [0.15, 0.2) is 30.3 Å². The molecule has 35 heavy (non-hydrogen) atoms. The molecule has 184 valence electrons. The second-order valence-corrected chi connectivity index (χ2v) is 9.63. The number of amides is 1. The third-order valence-electron chi connectivity index (χ3n) is 7.12. The molecule has 0 saturated carbocycles. The van der Waals surface area contributed by atoms with Crippen molar-refractivity contribution in [1.29, 1.82) is 0 Å². The van der Waals surface area contributed by atoms with E-state index in [4.69, 9.17) is 9.47 Å². The Morgan fingerprint density at radius 1 is 0.971 bits per heavy atom. The lowest BCUT2D eigenvalue weighted by molar-refractivity contribution is -0.129. The summed E-state index contributed by atoms with van der Waals surface area (Å²) in [6.45, 7) is 6.30. The maximum absolute atomic E-state index is 12.3. The van der Waals surface area contributed by atoms with Gasteiger partial charge in [0.15, 0.2) is 5.82 Å². The second-order valence-electron chi connectivity index (χ2n) is 9.63. The minimum Gasteiger partial charge on any atom is -0.496 e. The fourth-order valence-electron chi connectivity index (χ4n) is 5.06. The smallest absolute Gasteiger partial charge is 0.241 e. The Morgan fingerprint density at radius 3 is 2.49 bits per heavy atom.